The highest BCUT2D eigenvalue weighted by Crippen LogP contribution is 2.11. The first-order valence-corrected chi connectivity index (χ1v) is 7.34. The second-order valence-electron chi connectivity index (χ2n) is 4.87. The largest absolute Gasteiger partial charge is 0.395 e. The number of amides is 1. The fourth-order valence-electron chi connectivity index (χ4n) is 2.12. The lowest BCUT2D eigenvalue weighted by molar-refractivity contribution is -0.131. The molecule has 0 fully saturated rings. The molecule has 0 saturated carbocycles. The van der Waals surface area contributed by atoms with E-state index in [4.69, 9.17) is 5.11 Å². The van der Waals surface area contributed by atoms with Gasteiger partial charge >= 0.3 is 0 Å². The van der Waals surface area contributed by atoms with E-state index in [0.29, 0.717) is 19.5 Å². The van der Waals surface area contributed by atoms with E-state index in [0.717, 1.165) is 16.0 Å². The van der Waals surface area contributed by atoms with Crippen LogP contribution in [0.25, 0.3) is 0 Å². The van der Waals surface area contributed by atoms with Gasteiger partial charge in [-0.25, -0.2) is 0 Å². The number of carbonyl (C=O) groups is 1. The quantitative estimate of drug-likeness (QED) is 0.805. The van der Waals surface area contributed by atoms with Crippen molar-refractivity contribution in [2.75, 3.05) is 13.2 Å². The number of hydrogen-bond acceptors (Lipinski definition) is 3. The lowest BCUT2D eigenvalue weighted by Crippen LogP contribution is -2.34. The summed E-state index contributed by atoms with van der Waals surface area (Å²) in [5, 5.41) is 9.16. The van der Waals surface area contributed by atoms with Crippen molar-refractivity contribution in [2.24, 2.45) is 0 Å². The first-order chi connectivity index (χ1) is 10.2. The summed E-state index contributed by atoms with van der Waals surface area (Å²) in [5.74, 6) is 0.0137. The summed E-state index contributed by atoms with van der Waals surface area (Å²) in [6, 6.07) is 17.4. The Kier molecular flexibility index (Phi) is 5.84. The summed E-state index contributed by atoms with van der Waals surface area (Å²) in [4.78, 5) is 14.9. The topological polar surface area (TPSA) is 40.5 Å². The van der Waals surface area contributed by atoms with Crippen LogP contribution < -0.4 is 0 Å². The molecule has 0 aromatic heterocycles. The molecule has 110 valence electrons. The minimum Gasteiger partial charge on any atom is -0.395 e. The SMILES string of the molecule is O=C(Cc1ccc(S)cc1)N(CCO)Cc1ccccc1. The lowest BCUT2D eigenvalue weighted by Gasteiger charge is -2.22. The van der Waals surface area contributed by atoms with Gasteiger partial charge in [-0.05, 0) is 23.3 Å². The first kappa shape index (κ1) is 15.6. The summed E-state index contributed by atoms with van der Waals surface area (Å²) in [7, 11) is 0. The summed E-state index contributed by atoms with van der Waals surface area (Å²) >= 11 is 4.23. The molecule has 21 heavy (non-hydrogen) atoms. The van der Waals surface area contributed by atoms with E-state index in [1.807, 2.05) is 54.6 Å². The number of aliphatic hydroxyl groups is 1. The number of aliphatic hydroxyl groups excluding tert-OH is 1. The predicted molar refractivity (Wildman–Crippen MR) is 86.3 cm³/mol. The van der Waals surface area contributed by atoms with Crippen molar-refractivity contribution in [2.45, 2.75) is 17.9 Å². The molecule has 0 aliphatic carbocycles. The Labute approximate surface area is 130 Å². The van der Waals surface area contributed by atoms with Gasteiger partial charge in [-0.2, -0.15) is 0 Å². The number of thiol groups is 1. The van der Waals surface area contributed by atoms with Crippen molar-refractivity contribution in [3.8, 4) is 0 Å². The van der Waals surface area contributed by atoms with E-state index in [9.17, 15) is 4.79 Å². The summed E-state index contributed by atoms with van der Waals surface area (Å²) in [5.41, 5.74) is 2.01. The number of rotatable bonds is 6. The zero-order valence-electron chi connectivity index (χ0n) is 11.8. The molecule has 0 unspecified atom stereocenters. The van der Waals surface area contributed by atoms with Crippen molar-refractivity contribution in [1.29, 1.82) is 0 Å². The Balaban J connectivity index is 2.03. The Hall–Kier alpha value is -1.78. The van der Waals surface area contributed by atoms with Gasteiger partial charge < -0.3 is 10.0 Å². The van der Waals surface area contributed by atoms with Crippen LogP contribution in [0.5, 0.6) is 0 Å². The maximum atomic E-state index is 12.4. The Morgan fingerprint density at radius 3 is 2.29 bits per heavy atom. The smallest absolute Gasteiger partial charge is 0.227 e. The molecule has 3 nitrogen and oxygen atoms in total. The van der Waals surface area contributed by atoms with Crippen molar-refractivity contribution in [3.63, 3.8) is 0 Å². The van der Waals surface area contributed by atoms with Crippen LogP contribution in [0.3, 0.4) is 0 Å². The van der Waals surface area contributed by atoms with Crippen molar-refractivity contribution in [1.82, 2.24) is 4.90 Å². The van der Waals surface area contributed by atoms with E-state index >= 15 is 0 Å². The summed E-state index contributed by atoms with van der Waals surface area (Å²) in [6.07, 6.45) is 0.334. The van der Waals surface area contributed by atoms with E-state index in [-0.39, 0.29) is 12.5 Å². The van der Waals surface area contributed by atoms with Gasteiger partial charge in [0.05, 0.1) is 13.0 Å². The van der Waals surface area contributed by atoms with Crippen LogP contribution in [-0.2, 0) is 17.8 Å². The second-order valence-corrected chi connectivity index (χ2v) is 5.38. The van der Waals surface area contributed by atoms with Gasteiger partial charge in [-0.15, -0.1) is 12.6 Å². The van der Waals surface area contributed by atoms with E-state index < -0.39 is 0 Å². The van der Waals surface area contributed by atoms with E-state index in [2.05, 4.69) is 12.6 Å². The van der Waals surface area contributed by atoms with Gasteiger partial charge in [0.2, 0.25) is 5.91 Å². The number of carbonyl (C=O) groups excluding carboxylic acids is 1. The molecule has 0 spiro atoms. The molecule has 1 N–H and O–H groups in total. The van der Waals surface area contributed by atoms with Crippen molar-refractivity contribution >= 4 is 18.5 Å². The molecule has 0 atom stereocenters. The van der Waals surface area contributed by atoms with Gasteiger partial charge in [-0.1, -0.05) is 42.5 Å². The third-order valence-corrected chi connectivity index (χ3v) is 3.53. The van der Waals surface area contributed by atoms with Crippen LogP contribution >= 0.6 is 12.6 Å². The molecule has 2 rings (SSSR count). The van der Waals surface area contributed by atoms with Crippen LogP contribution in [0.4, 0.5) is 0 Å². The average molecular weight is 301 g/mol. The summed E-state index contributed by atoms with van der Waals surface area (Å²) in [6.45, 7) is 0.831. The predicted octanol–water partition coefficient (Wildman–Crippen LogP) is 2.54. The molecule has 2 aromatic rings. The average Bonchev–Trinajstić information content (AvgIpc) is 2.50. The van der Waals surface area contributed by atoms with Crippen LogP contribution in [0.1, 0.15) is 11.1 Å². The summed E-state index contributed by atoms with van der Waals surface area (Å²) < 4.78 is 0. The third kappa shape index (κ3) is 4.92. The highest BCUT2D eigenvalue weighted by molar-refractivity contribution is 7.80. The standard InChI is InChI=1S/C17H19NO2S/c19-11-10-18(13-15-4-2-1-3-5-15)17(20)12-14-6-8-16(21)9-7-14/h1-9,19,21H,10-13H2. The molecule has 0 radical (unpaired) electrons. The van der Waals surface area contributed by atoms with E-state index in [1.165, 1.54) is 0 Å². The lowest BCUT2D eigenvalue weighted by atomic mass is 10.1. The maximum Gasteiger partial charge on any atom is 0.227 e. The Bertz CT molecular complexity index is 569. The van der Waals surface area contributed by atoms with Crippen molar-refractivity contribution in [3.05, 3.63) is 65.7 Å². The fourth-order valence-corrected chi connectivity index (χ4v) is 2.27. The first-order valence-electron chi connectivity index (χ1n) is 6.89. The van der Waals surface area contributed by atoms with Crippen LogP contribution in [0.15, 0.2) is 59.5 Å². The number of benzene rings is 2. The second kappa shape index (κ2) is 7.86. The van der Waals surface area contributed by atoms with Gasteiger partial charge in [0.25, 0.3) is 0 Å². The third-order valence-electron chi connectivity index (χ3n) is 3.23. The Morgan fingerprint density at radius 2 is 1.67 bits per heavy atom. The number of hydrogen-bond donors (Lipinski definition) is 2. The molecule has 4 heteroatoms. The highest BCUT2D eigenvalue weighted by atomic mass is 32.1. The molecular weight excluding hydrogens is 282 g/mol. The van der Waals surface area contributed by atoms with Gasteiger partial charge in [0.15, 0.2) is 0 Å². The van der Waals surface area contributed by atoms with Crippen molar-refractivity contribution < 1.29 is 9.90 Å². The Morgan fingerprint density at radius 1 is 1.00 bits per heavy atom. The molecule has 0 saturated heterocycles. The minimum atomic E-state index is -0.0336. The number of nitrogens with zero attached hydrogens (tertiary/aromatic N) is 1. The van der Waals surface area contributed by atoms with Gasteiger partial charge in [0, 0.05) is 18.0 Å². The van der Waals surface area contributed by atoms with Gasteiger partial charge in [0.1, 0.15) is 0 Å². The molecule has 2 aromatic carbocycles. The normalized spacial score (nSPS) is 10.4. The van der Waals surface area contributed by atoms with Gasteiger partial charge in [-0.3, -0.25) is 4.79 Å². The fraction of sp³-hybridized carbons (Fsp3) is 0.235. The molecule has 0 bridgehead atoms. The molecule has 0 aliphatic heterocycles. The molecule has 1 amide bonds. The zero-order chi connectivity index (χ0) is 15.1. The van der Waals surface area contributed by atoms with Crippen LogP contribution in [0, 0.1) is 0 Å². The van der Waals surface area contributed by atoms with Crippen LogP contribution in [0.2, 0.25) is 0 Å². The maximum absolute atomic E-state index is 12.4. The van der Waals surface area contributed by atoms with Crippen LogP contribution in [-0.4, -0.2) is 29.1 Å². The molecule has 0 heterocycles. The molecule has 0 aliphatic rings. The zero-order valence-corrected chi connectivity index (χ0v) is 12.7. The monoisotopic (exact) mass is 301 g/mol. The van der Waals surface area contributed by atoms with E-state index in [1.54, 1.807) is 4.90 Å². The highest BCUT2D eigenvalue weighted by Gasteiger charge is 2.14. The molecular formula is C17H19NO2S. The minimum absolute atomic E-state index is 0.0137.